The monoisotopic (exact) mass is 314 g/mol. The number of aromatic nitrogens is 2. The number of urea groups is 1. The summed E-state index contributed by atoms with van der Waals surface area (Å²) in [5, 5.41) is 4.28. The Bertz CT molecular complexity index is 675. The summed E-state index contributed by atoms with van der Waals surface area (Å²) in [6.07, 6.45) is 5.68. The van der Waals surface area contributed by atoms with Gasteiger partial charge in [0.15, 0.2) is 5.41 Å². The van der Waals surface area contributed by atoms with Gasteiger partial charge in [0.05, 0.1) is 6.33 Å². The molecule has 1 aromatic heterocycles. The molecule has 0 saturated carbocycles. The molecule has 120 valence electrons. The third-order valence-corrected chi connectivity index (χ3v) is 3.66. The van der Waals surface area contributed by atoms with Gasteiger partial charge in [-0.15, -0.1) is 0 Å². The predicted molar refractivity (Wildman–Crippen MR) is 83.3 cm³/mol. The fourth-order valence-electron chi connectivity index (χ4n) is 2.39. The Labute approximate surface area is 133 Å². The second-order valence-electron chi connectivity index (χ2n) is 5.09. The number of aryl methyl sites for hydroxylation is 1. The number of hydrogen-bond donors (Lipinski definition) is 2. The highest BCUT2D eigenvalue weighted by atomic mass is 16.2. The normalized spacial score (nSPS) is 16.0. The van der Waals surface area contributed by atoms with E-state index in [1.807, 2.05) is 17.8 Å². The van der Waals surface area contributed by atoms with Crippen LogP contribution in [0.4, 0.5) is 4.79 Å². The molecule has 1 aromatic carbocycles. The maximum Gasteiger partial charge on any atom is 0.328 e. The second-order valence-corrected chi connectivity index (χ2v) is 5.09. The molecule has 0 unspecified atom stereocenters. The number of rotatable bonds is 2. The van der Waals surface area contributed by atoms with Gasteiger partial charge in [0.25, 0.3) is 0 Å². The molecule has 0 atom stereocenters. The summed E-state index contributed by atoms with van der Waals surface area (Å²) >= 11 is 0. The van der Waals surface area contributed by atoms with Crippen molar-refractivity contribution in [2.45, 2.75) is 18.8 Å². The van der Waals surface area contributed by atoms with Gasteiger partial charge in [0.1, 0.15) is 0 Å². The van der Waals surface area contributed by atoms with Crippen molar-refractivity contribution in [3.63, 3.8) is 0 Å². The summed E-state index contributed by atoms with van der Waals surface area (Å²) in [6.45, 7) is 1.74. The molecule has 7 nitrogen and oxygen atoms in total. The van der Waals surface area contributed by atoms with E-state index in [1.165, 1.54) is 0 Å². The van der Waals surface area contributed by atoms with Crippen LogP contribution >= 0.6 is 0 Å². The topological polar surface area (TPSA) is 93.1 Å². The van der Waals surface area contributed by atoms with E-state index in [9.17, 15) is 14.4 Å². The minimum atomic E-state index is -1.31. The molecule has 0 bridgehead atoms. The average molecular weight is 314 g/mol. The van der Waals surface area contributed by atoms with Crippen LogP contribution in [0.3, 0.4) is 0 Å². The van der Waals surface area contributed by atoms with Crippen molar-refractivity contribution in [2.24, 2.45) is 7.05 Å². The number of carbonyl (C=O) groups is 3. The fraction of sp³-hybridized carbons (Fsp3) is 0.250. The van der Waals surface area contributed by atoms with Gasteiger partial charge in [-0.2, -0.15) is 0 Å². The Hall–Kier alpha value is -2.96. The first-order valence-electron chi connectivity index (χ1n) is 7.15. The first kappa shape index (κ1) is 16.4. The Morgan fingerprint density at radius 1 is 1.09 bits per heavy atom. The number of barbiturate groups is 1. The van der Waals surface area contributed by atoms with Crippen LogP contribution in [-0.2, 0) is 22.1 Å². The van der Waals surface area contributed by atoms with E-state index in [2.05, 4.69) is 15.6 Å². The highest BCUT2D eigenvalue weighted by Gasteiger charge is 2.50. The number of benzene rings is 1. The van der Waals surface area contributed by atoms with E-state index in [-0.39, 0.29) is 0 Å². The first-order valence-corrected chi connectivity index (χ1v) is 7.15. The van der Waals surface area contributed by atoms with E-state index in [0.717, 1.165) is 0 Å². The van der Waals surface area contributed by atoms with Crippen molar-refractivity contribution in [2.75, 3.05) is 0 Å². The fourth-order valence-corrected chi connectivity index (χ4v) is 2.39. The molecule has 7 heteroatoms. The number of hydrogen-bond acceptors (Lipinski definition) is 4. The zero-order valence-corrected chi connectivity index (χ0v) is 12.9. The van der Waals surface area contributed by atoms with Crippen molar-refractivity contribution in [1.82, 2.24) is 20.2 Å². The standard InChI is InChI=1S/C12H12N2O3.C4H6N2/c1-2-12(8-6-4-3-5-7-8)9(15)13-11(17)14-10(12)16;1-6-3-2-5-4-6/h3-7H,2H2,1H3,(H2,13,14,15,16,17);2-4H,1H3. The van der Waals surface area contributed by atoms with Crippen LogP contribution in [0.2, 0.25) is 0 Å². The average Bonchev–Trinajstić information content (AvgIpc) is 3.00. The van der Waals surface area contributed by atoms with Gasteiger partial charge in [-0.25, -0.2) is 9.78 Å². The molecule has 3 rings (SSSR count). The molecule has 0 aliphatic carbocycles. The number of imidazole rings is 1. The third kappa shape index (κ3) is 3.28. The van der Waals surface area contributed by atoms with Gasteiger partial charge in [0.2, 0.25) is 11.8 Å². The van der Waals surface area contributed by atoms with Crippen molar-refractivity contribution in [3.8, 4) is 0 Å². The van der Waals surface area contributed by atoms with Crippen molar-refractivity contribution in [3.05, 3.63) is 54.6 Å². The Morgan fingerprint density at radius 2 is 1.70 bits per heavy atom. The maximum atomic E-state index is 12.0. The van der Waals surface area contributed by atoms with Crippen molar-refractivity contribution < 1.29 is 14.4 Å². The molecule has 1 aliphatic heterocycles. The largest absolute Gasteiger partial charge is 0.341 e. The molecular formula is C16H18N4O3. The molecule has 4 amide bonds. The van der Waals surface area contributed by atoms with Gasteiger partial charge in [0, 0.05) is 19.4 Å². The lowest BCUT2D eigenvalue weighted by Gasteiger charge is -2.33. The predicted octanol–water partition coefficient (Wildman–Crippen LogP) is 1.12. The minimum Gasteiger partial charge on any atom is -0.341 e. The lowest BCUT2D eigenvalue weighted by atomic mass is 9.75. The van der Waals surface area contributed by atoms with Crippen molar-refractivity contribution >= 4 is 17.8 Å². The minimum absolute atomic E-state index is 0.294. The van der Waals surface area contributed by atoms with E-state index < -0.39 is 23.3 Å². The maximum absolute atomic E-state index is 12.0. The van der Waals surface area contributed by atoms with Crippen LogP contribution in [0.5, 0.6) is 0 Å². The van der Waals surface area contributed by atoms with Gasteiger partial charge >= 0.3 is 6.03 Å². The van der Waals surface area contributed by atoms with E-state index in [1.54, 1.807) is 49.8 Å². The summed E-state index contributed by atoms with van der Waals surface area (Å²) in [5.74, 6) is -1.14. The Kier molecular flexibility index (Phi) is 4.90. The molecule has 0 spiro atoms. The molecule has 0 radical (unpaired) electrons. The zero-order chi connectivity index (χ0) is 16.9. The van der Waals surface area contributed by atoms with Gasteiger partial charge in [-0.1, -0.05) is 37.3 Å². The third-order valence-electron chi connectivity index (χ3n) is 3.66. The lowest BCUT2D eigenvalue weighted by molar-refractivity contribution is -0.138. The summed E-state index contributed by atoms with van der Waals surface area (Å²) in [4.78, 5) is 38.8. The highest BCUT2D eigenvalue weighted by molar-refractivity contribution is 6.22. The van der Waals surface area contributed by atoms with Crippen LogP contribution in [0, 0.1) is 0 Å². The summed E-state index contributed by atoms with van der Waals surface area (Å²) < 4.78 is 1.89. The van der Waals surface area contributed by atoms with Gasteiger partial charge in [-0.3, -0.25) is 20.2 Å². The quantitative estimate of drug-likeness (QED) is 0.812. The smallest absolute Gasteiger partial charge is 0.328 e. The van der Waals surface area contributed by atoms with Crippen molar-refractivity contribution in [1.29, 1.82) is 0 Å². The number of nitrogens with one attached hydrogen (secondary N) is 2. The van der Waals surface area contributed by atoms with Crippen LogP contribution in [0.25, 0.3) is 0 Å². The molecule has 2 aromatic rings. The molecular weight excluding hydrogens is 296 g/mol. The van der Waals surface area contributed by atoms with Crippen LogP contribution < -0.4 is 10.6 Å². The van der Waals surface area contributed by atoms with Gasteiger partial charge in [-0.05, 0) is 12.0 Å². The van der Waals surface area contributed by atoms with Crippen LogP contribution in [0.15, 0.2) is 49.1 Å². The van der Waals surface area contributed by atoms with Crippen LogP contribution in [-0.4, -0.2) is 27.4 Å². The Balaban J connectivity index is 0.000000268. The first-order chi connectivity index (χ1) is 11.0. The number of carbonyl (C=O) groups excluding carboxylic acids is 3. The zero-order valence-electron chi connectivity index (χ0n) is 12.9. The SMILES string of the molecule is CCC1(c2ccccc2)C(=O)NC(=O)NC1=O.Cn1ccnc1. The summed E-state index contributed by atoms with van der Waals surface area (Å²) in [7, 11) is 1.94. The number of imide groups is 2. The van der Waals surface area contributed by atoms with E-state index >= 15 is 0 Å². The number of amides is 4. The molecule has 1 saturated heterocycles. The van der Waals surface area contributed by atoms with Gasteiger partial charge < -0.3 is 4.57 Å². The summed E-state index contributed by atoms with van der Waals surface area (Å²) in [6, 6.07) is 7.96. The second kappa shape index (κ2) is 6.87. The number of nitrogens with zero attached hydrogens (tertiary/aromatic N) is 2. The Morgan fingerprint density at radius 3 is 2.09 bits per heavy atom. The highest BCUT2D eigenvalue weighted by Crippen LogP contribution is 2.30. The van der Waals surface area contributed by atoms with Crippen LogP contribution in [0.1, 0.15) is 18.9 Å². The van der Waals surface area contributed by atoms with E-state index in [4.69, 9.17) is 0 Å². The molecule has 1 aliphatic rings. The lowest BCUT2D eigenvalue weighted by Crippen LogP contribution is -2.64. The molecule has 2 heterocycles. The van der Waals surface area contributed by atoms with E-state index in [0.29, 0.717) is 12.0 Å². The molecule has 1 fully saturated rings. The molecule has 23 heavy (non-hydrogen) atoms. The summed E-state index contributed by atoms with van der Waals surface area (Å²) in [5.41, 5.74) is -0.722. The molecule has 2 N–H and O–H groups in total.